The Morgan fingerprint density at radius 1 is 1.47 bits per heavy atom. The molecule has 1 fully saturated rings. The molecule has 1 rings (SSSR count). The van der Waals surface area contributed by atoms with Crippen LogP contribution in [0.1, 0.15) is 12.8 Å². The number of nitrogens with one attached hydrogen (secondary N) is 1. The van der Waals surface area contributed by atoms with Crippen molar-refractivity contribution in [3.8, 4) is 0 Å². The Labute approximate surface area is 98.6 Å². The van der Waals surface area contributed by atoms with Crippen LogP contribution >= 0.6 is 0 Å². The summed E-state index contributed by atoms with van der Waals surface area (Å²) in [7, 11) is 0. The van der Waals surface area contributed by atoms with Gasteiger partial charge in [0.25, 0.3) is 6.43 Å². The molecule has 0 aromatic rings. The zero-order valence-corrected chi connectivity index (χ0v) is 9.59. The van der Waals surface area contributed by atoms with Crippen molar-refractivity contribution in [1.82, 2.24) is 5.32 Å². The van der Waals surface area contributed by atoms with Crippen LogP contribution in [0.5, 0.6) is 0 Å². The summed E-state index contributed by atoms with van der Waals surface area (Å²) in [6.45, 7) is 0.559. The van der Waals surface area contributed by atoms with Gasteiger partial charge in [0.05, 0.1) is 12.1 Å². The van der Waals surface area contributed by atoms with Crippen molar-refractivity contribution in [2.45, 2.75) is 24.8 Å². The SMILES string of the molecule is NC1(C(=O)NCCOCC(F)F)CCOCC1. The largest absolute Gasteiger partial charge is 0.381 e. The van der Waals surface area contributed by atoms with Gasteiger partial charge in [-0.2, -0.15) is 0 Å². The summed E-state index contributed by atoms with van der Waals surface area (Å²) in [5.41, 5.74) is 5.01. The maximum absolute atomic E-state index is 11.7. The van der Waals surface area contributed by atoms with E-state index in [1.54, 1.807) is 0 Å². The van der Waals surface area contributed by atoms with Crippen LogP contribution in [0.2, 0.25) is 0 Å². The standard InChI is InChI=1S/C10H18F2N2O3/c11-8(12)7-17-6-3-14-9(15)10(13)1-4-16-5-2-10/h8H,1-7,13H2,(H,14,15). The van der Waals surface area contributed by atoms with Crippen molar-refractivity contribution in [3.63, 3.8) is 0 Å². The topological polar surface area (TPSA) is 73.6 Å². The van der Waals surface area contributed by atoms with Crippen LogP contribution in [0.25, 0.3) is 0 Å². The first-order chi connectivity index (χ1) is 8.04. The lowest BCUT2D eigenvalue weighted by Gasteiger charge is -2.31. The first-order valence-corrected chi connectivity index (χ1v) is 5.55. The van der Waals surface area contributed by atoms with E-state index in [4.69, 9.17) is 10.5 Å². The van der Waals surface area contributed by atoms with Gasteiger partial charge >= 0.3 is 0 Å². The third-order valence-electron chi connectivity index (χ3n) is 2.61. The molecule has 1 aliphatic rings. The third-order valence-corrected chi connectivity index (χ3v) is 2.61. The highest BCUT2D eigenvalue weighted by atomic mass is 19.3. The maximum atomic E-state index is 11.7. The molecule has 5 nitrogen and oxygen atoms in total. The highest BCUT2D eigenvalue weighted by Gasteiger charge is 2.35. The summed E-state index contributed by atoms with van der Waals surface area (Å²) >= 11 is 0. The molecule has 0 bridgehead atoms. The molecular formula is C10H18F2N2O3. The Kier molecular flexibility index (Phi) is 5.73. The summed E-state index contributed by atoms with van der Waals surface area (Å²) in [6.07, 6.45) is -1.55. The fourth-order valence-electron chi connectivity index (χ4n) is 1.55. The number of halogens is 2. The Hall–Kier alpha value is -0.790. The second-order valence-corrected chi connectivity index (χ2v) is 3.99. The van der Waals surface area contributed by atoms with Crippen molar-refractivity contribution < 1.29 is 23.0 Å². The normalized spacial score (nSPS) is 19.3. The van der Waals surface area contributed by atoms with Crippen molar-refractivity contribution in [2.75, 3.05) is 33.0 Å². The second-order valence-electron chi connectivity index (χ2n) is 3.99. The summed E-state index contributed by atoms with van der Waals surface area (Å²) in [5.74, 6) is -0.276. The first-order valence-electron chi connectivity index (χ1n) is 5.55. The van der Waals surface area contributed by atoms with Crippen molar-refractivity contribution >= 4 is 5.91 Å². The maximum Gasteiger partial charge on any atom is 0.261 e. The van der Waals surface area contributed by atoms with Crippen LogP contribution in [0.15, 0.2) is 0 Å². The van der Waals surface area contributed by atoms with Crippen LogP contribution in [-0.2, 0) is 14.3 Å². The van der Waals surface area contributed by atoms with Crippen LogP contribution in [0, 0.1) is 0 Å². The molecule has 1 heterocycles. The molecule has 0 aliphatic carbocycles. The second kappa shape index (κ2) is 6.83. The van der Waals surface area contributed by atoms with Gasteiger partial charge in [0.2, 0.25) is 5.91 Å². The van der Waals surface area contributed by atoms with E-state index >= 15 is 0 Å². The summed E-state index contributed by atoms with van der Waals surface area (Å²) in [6, 6.07) is 0. The highest BCUT2D eigenvalue weighted by molar-refractivity contribution is 5.86. The molecule has 0 aromatic carbocycles. The Morgan fingerprint density at radius 3 is 2.71 bits per heavy atom. The number of carbonyl (C=O) groups excluding carboxylic acids is 1. The highest BCUT2D eigenvalue weighted by Crippen LogP contribution is 2.17. The third kappa shape index (κ3) is 4.93. The number of nitrogens with two attached hydrogens (primary N) is 1. The van der Waals surface area contributed by atoms with Crippen LogP contribution in [-0.4, -0.2) is 50.8 Å². The molecule has 7 heteroatoms. The van der Waals surface area contributed by atoms with Gasteiger partial charge in [-0.1, -0.05) is 0 Å². The van der Waals surface area contributed by atoms with Gasteiger partial charge in [0.15, 0.2) is 0 Å². The zero-order chi connectivity index (χ0) is 12.7. The van der Waals surface area contributed by atoms with E-state index in [0.29, 0.717) is 26.1 Å². The van der Waals surface area contributed by atoms with E-state index in [2.05, 4.69) is 10.1 Å². The monoisotopic (exact) mass is 252 g/mol. The minimum Gasteiger partial charge on any atom is -0.381 e. The fraction of sp³-hybridized carbons (Fsp3) is 0.900. The van der Waals surface area contributed by atoms with Crippen LogP contribution in [0.4, 0.5) is 8.78 Å². The lowest BCUT2D eigenvalue weighted by atomic mass is 9.90. The summed E-state index contributed by atoms with van der Waals surface area (Å²) < 4.78 is 33.2. The number of hydrogen-bond donors (Lipinski definition) is 2. The van der Waals surface area contributed by atoms with E-state index in [-0.39, 0.29) is 19.1 Å². The van der Waals surface area contributed by atoms with Crippen LogP contribution in [0.3, 0.4) is 0 Å². The van der Waals surface area contributed by atoms with Crippen molar-refractivity contribution in [3.05, 3.63) is 0 Å². The molecule has 0 spiro atoms. The molecule has 1 aliphatic heterocycles. The number of alkyl halides is 2. The molecular weight excluding hydrogens is 234 g/mol. The van der Waals surface area contributed by atoms with Gasteiger partial charge in [-0.3, -0.25) is 4.79 Å². The van der Waals surface area contributed by atoms with Gasteiger partial charge in [0, 0.05) is 19.8 Å². The molecule has 1 amide bonds. The molecule has 0 saturated carbocycles. The van der Waals surface area contributed by atoms with Gasteiger partial charge < -0.3 is 20.5 Å². The zero-order valence-electron chi connectivity index (χ0n) is 9.59. The van der Waals surface area contributed by atoms with Crippen LogP contribution < -0.4 is 11.1 Å². The minimum atomic E-state index is -2.48. The summed E-state index contributed by atoms with van der Waals surface area (Å²) in [5, 5.41) is 2.58. The van der Waals surface area contributed by atoms with Crippen molar-refractivity contribution in [2.24, 2.45) is 5.73 Å². The Balaban J connectivity index is 2.15. The Morgan fingerprint density at radius 2 is 2.12 bits per heavy atom. The molecule has 3 N–H and O–H groups in total. The van der Waals surface area contributed by atoms with E-state index in [1.807, 2.05) is 0 Å². The van der Waals surface area contributed by atoms with E-state index in [1.165, 1.54) is 0 Å². The Bertz CT molecular complexity index is 246. The molecule has 0 unspecified atom stereocenters. The summed E-state index contributed by atoms with van der Waals surface area (Å²) in [4.78, 5) is 11.7. The van der Waals surface area contributed by atoms with Gasteiger partial charge in [-0.05, 0) is 12.8 Å². The predicted octanol–water partition coefficient (Wildman–Crippen LogP) is -0.108. The molecule has 0 radical (unpaired) electrons. The predicted molar refractivity (Wildman–Crippen MR) is 56.8 cm³/mol. The number of amides is 1. The average Bonchev–Trinajstić information content (AvgIpc) is 2.29. The molecule has 17 heavy (non-hydrogen) atoms. The number of rotatable bonds is 6. The van der Waals surface area contributed by atoms with Gasteiger partial charge in [0.1, 0.15) is 6.61 Å². The van der Waals surface area contributed by atoms with Gasteiger partial charge in [-0.15, -0.1) is 0 Å². The molecule has 0 atom stereocenters. The molecule has 1 saturated heterocycles. The quantitative estimate of drug-likeness (QED) is 0.647. The minimum absolute atomic E-state index is 0.0582. The van der Waals surface area contributed by atoms with Crippen molar-refractivity contribution in [1.29, 1.82) is 0 Å². The number of ether oxygens (including phenoxy) is 2. The average molecular weight is 252 g/mol. The molecule has 100 valence electrons. The smallest absolute Gasteiger partial charge is 0.261 e. The molecule has 0 aromatic heterocycles. The lowest BCUT2D eigenvalue weighted by molar-refractivity contribution is -0.130. The number of hydrogen-bond acceptors (Lipinski definition) is 4. The van der Waals surface area contributed by atoms with E-state index < -0.39 is 18.6 Å². The fourth-order valence-corrected chi connectivity index (χ4v) is 1.55. The number of carbonyl (C=O) groups is 1. The first kappa shape index (κ1) is 14.3. The van der Waals surface area contributed by atoms with E-state index in [0.717, 1.165) is 0 Å². The van der Waals surface area contributed by atoms with E-state index in [9.17, 15) is 13.6 Å². The van der Waals surface area contributed by atoms with Gasteiger partial charge in [-0.25, -0.2) is 8.78 Å². The lowest BCUT2D eigenvalue weighted by Crippen LogP contribution is -2.57.